The summed E-state index contributed by atoms with van der Waals surface area (Å²) in [5, 5.41) is 2.85. The lowest BCUT2D eigenvalue weighted by atomic mass is 10.2. The fourth-order valence-electron chi connectivity index (χ4n) is 2.22. The monoisotopic (exact) mass is 357 g/mol. The Balaban J connectivity index is 0.00000529. The first-order valence-electron chi connectivity index (χ1n) is 7.87. The van der Waals surface area contributed by atoms with Crippen molar-refractivity contribution in [3.63, 3.8) is 0 Å². The number of nitrogens with zero attached hydrogens (tertiary/aromatic N) is 1. The lowest BCUT2D eigenvalue weighted by Crippen LogP contribution is -2.41. The van der Waals surface area contributed by atoms with Crippen molar-refractivity contribution in [3.05, 3.63) is 29.8 Å². The van der Waals surface area contributed by atoms with Gasteiger partial charge >= 0.3 is 0 Å². The third-order valence-electron chi connectivity index (χ3n) is 3.60. The third kappa shape index (κ3) is 7.29. The average molecular weight is 358 g/mol. The van der Waals surface area contributed by atoms with E-state index in [1.807, 2.05) is 38.1 Å². The van der Waals surface area contributed by atoms with E-state index in [0.717, 1.165) is 17.7 Å². The highest BCUT2D eigenvalue weighted by Crippen LogP contribution is 2.13. The third-order valence-corrected chi connectivity index (χ3v) is 3.60. The SMILES string of the molecule is CCCN(CC(=O)Nc1ccccc1C)C(=O)CC(CN)OC.Cl. The predicted molar refractivity (Wildman–Crippen MR) is 98.4 cm³/mol. The Morgan fingerprint density at radius 1 is 1.33 bits per heavy atom. The molecular weight excluding hydrogens is 330 g/mol. The normalized spacial score (nSPS) is 11.3. The molecule has 0 aromatic heterocycles. The molecule has 1 unspecified atom stereocenters. The molecule has 6 nitrogen and oxygen atoms in total. The van der Waals surface area contributed by atoms with Crippen LogP contribution in [-0.2, 0) is 14.3 Å². The molecule has 24 heavy (non-hydrogen) atoms. The highest BCUT2D eigenvalue weighted by atomic mass is 35.5. The first-order chi connectivity index (χ1) is 11.0. The van der Waals surface area contributed by atoms with Crippen LogP contribution >= 0.6 is 12.4 Å². The van der Waals surface area contributed by atoms with Crippen LogP contribution in [0.5, 0.6) is 0 Å². The molecule has 0 aliphatic heterocycles. The van der Waals surface area contributed by atoms with Gasteiger partial charge in [0.2, 0.25) is 11.8 Å². The lowest BCUT2D eigenvalue weighted by molar-refractivity contribution is -0.136. The first-order valence-corrected chi connectivity index (χ1v) is 7.87. The van der Waals surface area contributed by atoms with Gasteiger partial charge in [0, 0.05) is 25.9 Å². The molecule has 0 heterocycles. The Hall–Kier alpha value is -1.63. The number of hydrogen-bond donors (Lipinski definition) is 2. The molecule has 3 N–H and O–H groups in total. The Morgan fingerprint density at radius 2 is 2.00 bits per heavy atom. The highest BCUT2D eigenvalue weighted by Gasteiger charge is 2.20. The maximum atomic E-state index is 12.3. The van der Waals surface area contributed by atoms with E-state index in [-0.39, 0.29) is 49.8 Å². The fraction of sp³-hybridized carbons (Fsp3) is 0.529. The van der Waals surface area contributed by atoms with Crippen molar-refractivity contribution in [3.8, 4) is 0 Å². The zero-order chi connectivity index (χ0) is 17.2. The van der Waals surface area contributed by atoms with E-state index in [4.69, 9.17) is 10.5 Å². The molecule has 1 atom stereocenters. The predicted octanol–water partition coefficient (Wildman–Crippen LogP) is 1.96. The molecule has 0 saturated heterocycles. The average Bonchev–Trinajstić information content (AvgIpc) is 2.54. The number of methoxy groups -OCH3 is 1. The maximum absolute atomic E-state index is 12.3. The van der Waals surface area contributed by atoms with Crippen LogP contribution in [0.3, 0.4) is 0 Å². The van der Waals surface area contributed by atoms with Gasteiger partial charge in [-0.05, 0) is 25.0 Å². The molecule has 7 heteroatoms. The van der Waals surface area contributed by atoms with Crippen molar-refractivity contribution in [1.29, 1.82) is 0 Å². The van der Waals surface area contributed by atoms with Crippen molar-refractivity contribution >= 4 is 29.9 Å². The lowest BCUT2D eigenvalue weighted by Gasteiger charge is -2.24. The number of hydrogen-bond acceptors (Lipinski definition) is 4. The Bertz CT molecular complexity index is 522. The van der Waals surface area contributed by atoms with Crippen LogP contribution in [0.1, 0.15) is 25.3 Å². The molecule has 0 fully saturated rings. The number of para-hydroxylation sites is 1. The Morgan fingerprint density at radius 3 is 2.54 bits per heavy atom. The second-order valence-electron chi connectivity index (χ2n) is 5.48. The maximum Gasteiger partial charge on any atom is 0.244 e. The number of rotatable bonds is 9. The summed E-state index contributed by atoms with van der Waals surface area (Å²) in [6, 6.07) is 7.54. The molecule has 0 bridgehead atoms. The molecular formula is C17H28ClN3O3. The van der Waals surface area contributed by atoms with Gasteiger partial charge in [-0.1, -0.05) is 25.1 Å². The summed E-state index contributed by atoms with van der Waals surface area (Å²) in [6.07, 6.45) is 0.648. The van der Waals surface area contributed by atoms with E-state index in [1.54, 1.807) is 4.90 Å². The van der Waals surface area contributed by atoms with Crippen molar-refractivity contribution in [2.75, 3.05) is 32.1 Å². The molecule has 1 aromatic rings. The number of carbonyl (C=O) groups excluding carboxylic acids is 2. The van der Waals surface area contributed by atoms with Gasteiger partial charge in [0.25, 0.3) is 0 Å². The number of nitrogens with one attached hydrogen (secondary N) is 1. The fourth-order valence-corrected chi connectivity index (χ4v) is 2.22. The molecule has 0 aliphatic rings. The summed E-state index contributed by atoms with van der Waals surface area (Å²) < 4.78 is 5.14. The van der Waals surface area contributed by atoms with E-state index < -0.39 is 0 Å². The molecule has 136 valence electrons. The van der Waals surface area contributed by atoms with E-state index in [1.165, 1.54) is 7.11 Å². The minimum Gasteiger partial charge on any atom is -0.380 e. The van der Waals surface area contributed by atoms with Gasteiger partial charge in [0.1, 0.15) is 0 Å². The van der Waals surface area contributed by atoms with Crippen molar-refractivity contribution < 1.29 is 14.3 Å². The molecule has 0 radical (unpaired) electrons. The second kappa shape index (κ2) is 11.8. The highest BCUT2D eigenvalue weighted by molar-refractivity contribution is 5.95. The van der Waals surface area contributed by atoms with Crippen LogP contribution < -0.4 is 11.1 Å². The number of anilines is 1. The topological polar surface area (TPSA) is 84.7 Å². The van der Waals surface area contributed by atoms with Gasteiger partial charge in [0.15, 0.2) is 0 Å². The number of amides is 2. The van der Waals surface area contributed by atoms with Gasteiger partial charge in [-0.2, -0.15) is 0 Å². The molecule has 0 saturated carbocycles. The summed E-state index contributed by atoms with van der Waals surface area (Å²) in [5.74, 6) is -0.327. The van der Waals surface area contributed by atoms with E-state index in [2.05, 4.69) is 5.32 Å². The van der Waals surface area contributed by atoms with Crippen LogP contribution in [0.25, 0.3) is 0 Å². The largest absolute Gasteiger partial charge is 0.380 e. The molecule has 1 rings (SSSR count). The minimum atomic E-state index is -0.318. The van der Waals surface area contributed by atoms with Gasteiger partial charge in [-0.25, -0.2) is 0 Å². The second-order valence-corrected chi connectivity index (χ2v) is 5.48. The number of benzene rings is 1. The van der Waals surface area contributed by atoms with E-state index >= 15 is 0 Å². The number of nitrogens with two attached hydrogens (primary N) is 1. The first kappa shape index (κ1) is 22.4. The summed E-state index contributed by atoms with van der Waals surface area (Å²) >= 11 is 0. The number of carbonyl (C=O) groups is 2. The summed E-state index contributed by atoms with van der Waals surface area (Å²) in [6.45, 7) is 4.73. The Kier molecular flexibility index (Phi) is 11.0. The molecule has 2 amide bonds. The van der Waals surface area contributed by atoms with E-state index in [0.29, 0.717) is 6.54 Å². The zero-order valence-electron chi connectivity index (χ0n) is 14.6. The molecule has 0 aliphatic carbocycles. The minimum absolute atomic E-state index is 0. The Labute approximate surface area is 150 Å². The quantitative estimate of drug-likeness (QED) is 0.707. The van der Waals surface area contributed by atoms with Gasteiger partial charge < -0.3 is 20.7 Å². The van der Waals surface area contributed by atoms with Crippen LogP contribution in [-0.4, -0.2) is 49.6 Å². The van der Waals surface area contributed by atoms with Crippen molar-refractivity contribution in [2.24, 2.45) is 5.73 Å². The smallest absolute Gasteiger partial charge is 0.244 e. The number of ether oxygens (including phenoxy) is 1. The van der Waals surface area contributed by atoms with Gasteiger partial charge in [-0.3, -0.25) is 9.59 Å². The summed E-state index contributed by atoms with van der Waals surface area (Å²) in [7, 11) is 1.53. The van der Waals surface area contributed by atoms with Crippen LogP contribution in [0.2, 0.25) is 0 Å². The zero-order valence-corrected chi connectivity index (χ0v) is 15.4. The molecule has 1 aromatic carbocycles. The van der Waals surface area contributed by atoms with Crippen LogP contribution in [0.15, 0.2) is 24.3 Å². The van der Waals surface area contributed by atoms with Crippen LogP contribution in [0.4, 0.5) is 5.69 Å². The summed E-state index contributed by atoms with van der Waals surface area (Å²) in [4.78, 5) is 26.1. The van der Waals surface area contributed by atoms with Crippen molar-refractivity contribution in [1.82, 2.24) is 4.90 Å². The number of halogens is 1. The molecule has 0 spiro atoms. The number of aryl methyl sites for hydroxylation is 1. The van der Waals surface area contributed by atoms with Crippen molar-refractivity contribution in [2.45, 2.75) is 32.8 Å². The van der Waals surface area contributed by atoms with Gasteiger partial charge in [-0.15, -0.1) is 12.4 Å². The van der Waals surface area contributed by atoms with Gasteiger partial charge in [0.05, 0.1) is 19.1 Å². The standard InChI is InChI=1S/C17H27N3O3.ClH/c1-4-9-20(17(22)10-14(11-18)23-3)12-16(21)19-15-8-6-5-7-13(15)2;/h5-8,14H,4,9-12,18H2,1-3H3,(H,19,21);1H. The van der Waals surface area contributed by atoms with Crippen LogP contribution in [0, 0.1) is 6.92 Å². The van der Waals surface area contributed by atoms with E-state index in [9.17, 15) is 9.59 Å². The summed E-state index contributed by atoms with van der Waals surface area (Å²) in [5.41, 5.74) is 7.30.